The van der Waals surface area contributed by atoms with Crippen LogP contribution >= 0.6 is 0 Å². The second kappa shape index (κ2) is 9.36. The highest BCUT2D eigenvalue weighted by atomic mass is 16.6. The lowest BCUT2D eigenvalue weighted by atomic mass is 9.98. The van der Waals surface area contributed by atoms with Crippen LogP contribution in [0.1, 0.15) is 15.9 Å². The summed E-state index contributed by atoms with van der Waals surface area (Å²) in [5.74, 6) is -1.95. The molecule has 0 aliphatic rings. The number of nitrogens with one attached hydrogen (secondary N) is 1. The Morgan fingerprint density at radius 2 is 1.82 bits per heavy atom. The molecule has 0 aliphatic heterocycles. The van der Waals surface area contributed by atoms with Crippen LogP contribution in [0.4, 0.5) is 5.69 Å². The highest BCUT2D eigenvalue weighted by Crippen LogP contribution is 2.24. The second-order valence-corrected chi connectivity index (χ2v) is 5.90. The van der Waals surface area contributed by atoms with Crippen LogP contribution in [0.15, 0.2) is 42.5 Å². The number of ether oxygens (including phenoxy) is 2. The van der Waals surface area contributed by atoms with Gasteiger partial charge in [-0.3, -0.25) is 19.7 Å². The summed E-state index contributed by atoms with van der Waals surface area (Å²) in [6.07, 6.45) is 0.145. The number of methoxy groups -OCH3 is 2. The van der Waals surface area contributed by atoms with E-state index in [1.54, 1.807) is 24.3 Å². The third kappa shape index (κ3) is 4.97. The van der Waals surface area contributed by atoms with Gasteiger partial charge in [0.15, 0.2) is 0 Å². The molecule has 1 amide bonds. The number of amides is 1. The van der Waals surface area contributed by atoms with Gasteiger partial charge >= 0.3 is 5.97 Å². The summed E-state index contributed by atoms with van der Waals surface area (Å²) in [6, 6.07) is 10.6. The van der Waals surface area contributed by atoms with Crippen molar-refractivity contribution < 1.29 is 29.1 Å². The van der Waals surface area contributed by atoms with Crippen molar-refractivity contribution in [2.45, 2.75) is 6.42 Å². The van der Waals surface area contributed by atoms with Crippen LogP contribution in [-0.4, -0.2) is 42.7 Å². The maximum atomic E-state index is 12.5. The number of para-hydroxylation sites is 1. The molecule has 28 heavy (non-hydrogen) atoms. The minimum atomic E-state index is -1.09. The standard InChI is InChI=1S/C19H20N2O7/c1-27-16-6-4-3-5-12(16)9-13(19(23)24)11-20-18(22)15-10-14(21(25)26)7-8-17(15)28-2/h3-8,10,13H,9,11H2,1-2H3,(H,20,22)(H,23,24). The van der Waals surface area contributed by atoms with E-state index in [2.05, 4.69) is 5.32 Å². The Kier molecular flexibility index (Phi) is 6.91. The Morgan fingerprint density at radius 3 is 2.43 bits per heavy atom. The average molecular weight is 388 g/mol. The van der Waals surface area contributed by atoms with Crippen molar-refractivity contribution in [2.75, 3.05) is 20.8 Å². The van der Waals surface area contributed by atoms with Crippen molar-refractivity contribution in [1.82, 2.24) is 5.32 Å². The number of carbonyl (C=O) groups is 2. The molecular formula is C19H20N2O7. The molecule has 9 nitrogen and oxygen atoms in total. The first-order valence-corrected chi connectivity index (χ1v) is 8.32. The number of nitro groups is 1. The number of hydrogen-bond donors (Lipinski definition) is 2. The zero-order valence-electron chi connectivity index (χ0n) is 15.4. The monoisotopic (exact) mass is 388 g/mol. The van der Waals surface area contributed by atoms with E-state index < -0.39 is 22.7 Å². The quantitative estimate of drug-likeness (QED) is 0.498. The fourth-order valence-corrected chi connectivity index (χ4v) is 2.68. The van der Waals surface area contributed by atoms with E-state index >= 15 is 0 Å². The number of nitro benzene ring substituents is 1. The molecular weight excluding hydrogens is 368 g/mol. The third-order valence-corrected chi connectivity index (χ3v) is 4.16. The Balaban J connectivity index is 2.15. The van der Waals surface area contributed by atoms with Gasteiger partial charge in [-0.2, -0.15) is 0 Å². The normalized spacial score (nSPS) is 11.4. The van der Waals surface area contributed by atoms with Gasteiger partial charge in [0, 0.05) is 18.7 Å². The predicted molar refractivity (Wildman–Crippen MR) is 99.8 cm³/mol. The van der Waals surface area contributed by atoms with Crippen molar-refractivity contribution >= 4 is 17.6 Å². The molecule has 0 bridgehead atoms. The maximum absolute atomic E-state index is 12.5. The van der Waals surface area contributed by atoms with Gasteiger partial charge in [-0.1, -0.05) is 18.2 Å². The summed E-state index contributed by atoms with van der Waals surface area (Å²) >= 11 is 0. The number of carboxylic acids is 1. The van der Waals surface area contributed by atoms with Crippen LogP contribution in [0.3, 0.4) is 0 Å². The highest BCUT2D eigenvalue weighted by Gasteiger charge is 2.23. The summed E-state index contributed by atoms with van der Waals surface area (Å²) in [7, 11) is 2.82. The first kappa shape index (κ1) is 20.7. The van der Waals surface area contributed by atoms with Crippen molar-refractivity contribution in [3.8, 4) is 11.5 Å². The van der Waals surface area contributed by atoms with Gasteiger partial charge in [-0.25, -0.2) is 0 Å². The summed E-state index contributed by atoms with van der Waals surface area (Å²) < 4.78 is 10.3. The number of benzene rings is 2. The molecule has 0 fully saturated rings. The second-order valence-electron chi connectivity index (χ2n) is 5.90. The van der Waals surface area contributed by atoms with Gasteiger partial charge in [0.1, 0.15) is 11.5 Å². The van der Waals surface area contributed by atoms with Crippen molar-refractivity contribution in [2.24, 2.45) is 5.92 Å². The topological polar surface area (TPSA) is 128 Å². The molecule has 2 rings (SSSR count). The van der Waals surface area contributed by atoms with Crippen LogP contribution in [0.25, 0.3) is 0 Å². The zero-order valence-corrected chi connectivity index (χ0v) is 15.4. The van der Waals surface area contributed by atoms with Gasteiger partial charge in [0.2, 0.25) is 0 Å². The number of aliphatic carboxylic acids is 1. The summed E-state index contributed by atoms with van der Waals surface area (Å²) in [5.41, 5.74) is 0.382. The van der Waals surface area contributed by atoms with E-state index in [0.717, 1.165) is 6.07 Å². The molecule has 2 aromatic carbocycles. The maximum Gasteiger partial charge on any atom is 0.308 e. The number of nitrogens with zero attached hydrogens (tertiary/aromatic N) is 1. The van der Waals surface area contributed by atoms with E-state index in [1.807, 2.05) is 0 Å². The molecule has 148 valence electrons. The molecule has 0 saturated carbocycles. The van der Waals surface area contributed by atoms with Crippen LogP contribution in [0, 0.1) is 16.0 Å². The molecule has 0 radical (unpaired) electrons. The average Bonchev–Trinajstić information content (AvgIpc) is 2.70. The lowest BCUT2D eigenvalue weighted by Crippen LogP contribution is -2.34. The van der Waals surface area contributed by atoms with E-state index in [4.69, 9.17) is 9.47 Å². The van der Waals surface area contributed by atoms with Gasteiger partial charge in [0.25, 0.3) is 11.6 Å². The highest BCUT2D eigenvalue weighted by molar-refractivity contribution is 5.97. The summed E-state index contributed by atoms with van der Waals surface area (Å²) in [5, 5.41) is 22.9. The first-order valence-electron chi connectivity index (χ1n) is 8.32. The van der Waals surface area contributed by atoms with Gasteiger partial charge < -0.3 is 19.9 Å². The molecule has 0 heterocycles. The fraction of sp³-hybridized carbons (Fsp3) is 0.263. The van der Waals surface area contributed by atoms with Crippen LogP contribution in [0.2, 0.25) is 0 Å². The Bertz CT molecular complexity index is 882. The van der Waals surface area contributed by atoms with E-state index in [0.29, 0.717) is 11.3 Å². The lowest BCUT2D eigenvalue weighted by molar-refractivity contribution is -0.384. The molecule has 2 N–H and O–H groups in total. The fourth-order valence-electron chi connectivity index (χ4n) is 2.68. The molecule has 0 aromatic heterocycles. The largest absolute Gasteiger partial charge is 0.496 e. The van der Waals surface area contributed by atoms with Crippen molar-refractivity contribution in [3.63, 3.8) is 0 Å². The molecule has 2 aromatic rings. The number of carbonyl (C=O) groups excluding carboxylic acids is 1. The molecule has 9 heteroatoms. The molecule has 0 spiro atoms. The SMILES string of the molecule is COc1ccccc1CC(CNC(=O)c1cc([N+](=O)[O-])ccc1OC)C(=O)O. The van der Waals surface area contributed by atoms with E-state index in [9.17, 15) is 24.8 Å². The van der Waals surface area contributed by atoms with Crippen molar-refractivity contribution in [1.29, 1.82) is 0 Å². The Morgan fingerprint density at radius 1 is 1.14 bits per heavy atom. The van der Waals surface area contributed by atoms with Crippen molar-refractivity contribution in [3.05, 3.63) is 63.7 Å². The minimum absolute atomic E-state index is 0.0434. The van der Waals surface area contributed by atoms with E-state index in [-0.39, 0.29) is 30.0 Å². The number of rotatable bonds is 9. The van der Waals surface area contributed by atoms with E-state index in [1.165, 1.54) is 26.4 Å². The zero-order chi connectivity index (χ0) is 20.7. The third-order valence-electron chi connectivity index (χ3n) is 4.16. The molecule has 0 saturated heterocycles. The Labute approximate surface area is 161 Å². The van der Waals surface area contributed by atoms with Gasteiger partial charge in [-0.05, 0) is 24.1 Å². The Hall–Kier alpha value is -3.62. The minimum Gasteiger partial charge on any atom is -0.496 e. The molecule has 0 aliphatic carbocycles. The summed E-state index contributed by atoms with van der Waals surface area (Å²) in [6.45, 7) is -0.169. The summed E-state index contributed by atoms with van der Waals surface area (Å²) in [4.78, 5) is 34.4. The van der Waals surface area contributed by atoms with Crippen LogP contribution in [-0.2, 0) is 11.2 Å². The van der Waals surface area contributed by atoms with Crippen LogP contribution in [0.5, 0.6) is 11.5 Å². The first-order chi connectivity index (χ1) is 13.4. The smallest absolute Gasteiger partial charge is 0.308 e. The van der Waals surface area contributed by atoms with Gasteiger partial charge in [0.05, 0.1) is 30.6 Å². The lowest BCUT2D eigenvalue weighted by Gasteiger charge is -2.16. The number of non-ortho nitro benzene ring substituents is 1. The number of carboxylic acid groups (broad SMARTS) is 1. The predicted octanol–water partition coefficient (Wildman–Crippen LogP) is 2.29. The molecule has 1 atom stereocenters. The van der Waals surface area contributed by atoms with Gasteiger partial charge in [-0.15, -0.1) is 0 Å². The van der Waals surface area contributed by atoms with Crippen LogP contribution < -0.4 is 14.8 Å². The number of hydrogen-bond acceptors (Lipinski definition) is 6. The molecule has 1 unspecified atom stereocenters.